The summed E-state index contributed by atoms with van der Waals surface area (Å²) < 4.78 is 0. The molecular formula is C16H26N2O. The first-order chi connectivity index (χ1) is 9.29. The lowest BCUT2D eigenvalue weighted by molar-refractivity contribution is 0.0953. The van der Waals surface area contributed by atoms with E-state index in [1.54, 1.807) is 0 Å². The fourth-order valence-electron chi connectivity index (χ4n) is 1.94. The lowest BCUT2D eigenvalue weighted by Gasteiger charge is -2.11. The number of benzene rings is 1. The van der Waals surface area contributed by atoms with Crippen LogP contribution in [0.25, 0.3) is 0 Å². The van der Waals surface area contributed by atoms with Crippen LogP contribution in [0, 0.1) is 0 Å². The predicted molar refractivity (Wildman–Crippen MR) is 81.7 cm³/mol. The van der Waals surface area contributed by atoms with Crippen LogP contribution in [0.2, 0.25) is 0 Å². The molecule has 1 aromatic carbocycles. The molecule has 2 N–H and O–H groups in total. The van der Waals surface area contributed by atoms with E-state index in [2.05, 4.69) is 24.5 Å². The minimum absolute atomic E-state index is 0.0238. The third kappa shape index (κ3) is 5.77. The van der Waals surface area contributed by atoms with Crippen molar-refractivity contribution in [2.45, 2.75) is 46.0 Å². The normalized spacial score (nSPS) is 10.2. The molecule has 0 aliphatic rings. The van der Waals surface area contributed by atoms with Crippen molar-refractivity contribution < 1.29 is 4.79 Å². The fourth-order valence-corrected chi connectivity index (χ4v) is 1.94. The van der Waals surface area contributed by atoms with E-state index in [0.717, 1.165) is 37.2 Å². The third-order valence-electron chi connectivity index (χ3n) is 3.05. The van der Waals surface area contributed by atoms with Crippen LogP contribution in [0.5, 0.6) is 0 Å². The standard InChI is InChI=1S/C16H26N2O/c1-3-5-6-9-13-18-16(19)14-10-7-8-11-15(14)17-12-4-2/h7-8,10-11,17H,3-6,9,12-13H2,1-2H3,(H,18,19). The fraction of sp³-hybridized carbons (Fsp3) is 0.562. The van der Waals surface area contributed by atoms with E-state index in [1.807, 2.05) is 24.3 Å². The lowest BCUT2D eigenvalue weighted by Crippen LogP contribution is -2.25. The molecule has 1 rings (SSSR count). The summed E-state index contributed by atoms with van der Waals surface area (Å²) >= 11 is 0. The Morgan fingerprint density at radius 1 is 1.00 bits per heavy atom. The number of para-hydroxylation sites is 1. The number of carbonyl (C=O) groups excluding carboxylic acids is 1. The summed E-state index contributed by atoms with van der Waals surface area (Å²) in [7, 11) is 0. The number of hydrogen-bond acceptors (Lipinski definition) is 2. The minimum atomic E-state index is 0.0238. The first kappa shape index (κ1) is 15.5. The Hall–Kier alpha value is -1.51. The summed E-state index contributed by atoms with van der Waals surface area (Å²) in [4.78, 5) is 12.1. The summed E-state index contributed by atoms with van der Waals surface area (Å²) in [6.45, 7) is 5.96. The molecule has 0 radical (unpaired) electrons. The summed E-state index contributed by atoms with van der Waals surface area (Å²) in [5, 5.41) is 6.29. The van der Waals surface area contributed by atoms with Crippen molar-refractivity contribution in [1.29, 1.82) is 0 Å². The van der Waals surface area contributed by atoms with E-state index in [-0.39, 0.29) is 5.91 Å². The molecule has 0 spiro atoms. The van der Waals surface area contributed by atoms with Gasteiger partial charge in [0.2, 0.25) is 0 Å². The molecular weight excluding hydrogens is 236 g/mol. The zero-order valence-electron chi connectivity index (χ0n) is 12.2. The van der Waals surface area contributed by atoms with Crippen molar-refractivity contribution in [1.82, 2.24) is 5.32 Å². The van der Waals surface area contributed by atoms with Crippen LogP contribution < -0.4 is 10.6 Å². The third-order valence-corrected chi connectivity index (χ3v) is 3.05. The first-order valence-electron chi connectivity index (χ1n) is 7.40. The summed E-state index contributed by atoms with van der Waals surface area (Å²) in [5.74, 6) is 0.0238. The van der Waals surface area contributed by atoms with Crippen LogP contribution in [0.4, 0.5) is 5.69 Å². The van der Waals surface area contributed by atoms with Crippen molar-refractivity contribution in [2.75, 3.05) is 18.4 Å². The molecule has 0 atom stereocenters. The van der Waals surface area contributed by atoms with Gasteiger partial charge in [-0.3, -0.25) is 4.79 Å². The second kappa shape index (κ2) is 9.42. The zero-order valence-corrected chi connectivity index (χ0v) is 12.2. The largest absolute Gasteiger partial charge is 0.384 e. The van der Waals surface area contributed by atoms with Gasteiger partial charge in [-0.15, -0.1) is 0 Å². The van der Waals surface area contributed by atoms with E-state index in [9.17, 15) is 4.79 Å². The van der Waals surface area contributed by atoms with E-state index >= 15 is 0 Å². The van der Waals surface area contributed by atoms with Gasteiger partial charge in [-0.25, -0.2) is 0 Å². The van der Waals surface area contributed by atoms with E-state index in [1.165, 1.54) is 19.3 Å². The van der Waals surface area contributed by atoms with Crippen molar-refractivity contribution in [3.8, 4) is 0 Å². The molecule has 3 heteroatoms. The Bertz CT molecular complexity index is 377. The molecule has 0 bridgehead atoms. The van der Waals surface area contributed by atoms with Gasteiger partial charge in [0.05, 0.1) is 5.56 Å². The molecule has 19 heavy (non-hydrogen) atoms. The van der Waals surface area contributed by atoms with Crippen LogP contribution >= 0.6 is 0 Å². The SMILES string of the molecule is CCCCCCNC(=O)c1ccccc1NCCC. The number of carbonyl (C=O) groups is 1. The monoisotopic (exact) mass is 262 g/mol. The smallest absolute Gasteiger partial charge is 0.253 e. The Morgan fingerprint density at radius 3 is 2.53 bits per heavy atom. The van der Waals surface area contributed by atoms with Gasteiger partial charge in [0, 0.05) is 18.8 Å². The Labute approximate surface area is 116 Å². The van der Waals surface area contributed by atoms with E-state index < -0.39 is 0 Å². The molecule has 0 heterocycles. The highest BCUT2D eigenvalue weighted by Gasteiger charge is 2.09. The molecule has 0 fully saturated rings. The molecule has 0 saturated heterocycles. The Morgan fingerprint density at radius 2 is 1.79 bits per heavy atom. The highest BCUT2D eigenvalue weighted by atomic mass is 16.1. The zero-order chi connectivity index (χ0) is 13.9. The maximum atomic E-state index is 12.1. The number of amides is 1. The van der Waals surface area contributed by atoms with Crippen LogP contribution in [0.15, 0.2) is 24.3 Å². The first-order valence-corrected chi connectivity index (χ1v) is 7.40. The number of nitrogens with one attached hydrogen (secondary N) is 2. The number of hydrogen-bond donors (Lipinski definition) is 2. The predicted octanol–water partition coefficient (Wildman–Crippen LogP) is 3.82. The second-order valence-corrected chi connectivity index (χ2v) is 4.79. The van der Waals surface area contributed by atoms with Gasteiger partial charge in [0.1, 0.15) is 0 Å². The Balaban J connectivity index is 2.46. The van der Waals surface area contributed by atoms with Crippen molar-refractivity contribution in [3.63, 3.8) is 0 Å². The maximum absolute atomic E-state index is 12.1. The van der Waals surface area contributed by atoms with Gasteiger partial charge >= 0.3 is 0 Å². The topological polar surface area (TPSA) is 41.1 Å². The average molecular weight is 262 g/mol. The molecule has 0 aromatic heterocycles. The van der Waals surface area contributed by atoms with Crippen LogP contribution in [0.1, 0.15) is 56.3 Å². The molecule has 3 nitrogen and oxygen atoms in total. The van der Waals surface area contributed by atoms with E-state index in [0.29, 0.717) is 0 Å². The quantitative estimate of drug-likeness (QED) is 0.664. The van der Waals surface area contributed by atoms with Crippen molar-refractivity contribution in [3.05, 3.63) is 29.8 Å². The maximum Gasteiger partial charge on any atom is 0.253 e. The van der Waals surface area contributed by atoms with Gasteiger partial charge in [0.25, 0.3) is 5.91 Å². The molecule has 0 unspecified atom stereocenters. The Kier molecular flexibility index (Phi) is 7.71. The molecule has 0 aliphatic carbocycles. The number of unbranched alkanes of at least 4 members (excludes halogenated alkanes) is 3. The summed E-state index contributed by atoms with van der Waals surface area (Å²) in [6.07, 6.45) is 5.76. The highest BCUT2D eigenvalue weighted by Crippen LogP contribution is 2.14. The van der Waals surface area contributed by atoms with Gasteiger partial charge in [-0.05, 0) is 25.0 Å². The molecule has 106 valence electrons. The van der Waals surface area contributed by atoms with Gasteiger partial charge in [-0.1, -0.05) is 45.2 Å². The summed E-state index contributed by atoms with van der Waals surface area (Å²) in [6, 6.07) is 7.69. The van der Waals surface area contributed by atoms with Gasteiger partial charge < -0.3 is 10.6 Å². The van der Waals surface area contributed by atoms with Crippen LogP contribution in [-0.2, 0) is 0 Å². The van der Waals surface area contributed by atoms with Gasteiger partial charge in [0.15, 0.2) is 0 Å². The molecule has 1 amide bonds. The number of rotatable bonds is 9. The van der Waals surface area contributed by atoms with Crippen LogP contribution in [-0.4, -0.2) is 19.0 Å². The van der Waals surface area contributed by atoms with Gasteiger partial charge in [-0.2, -0.15) is 0 Å². The molecule has 1 aromatic rings. The number of anilines is 1. The highest BCUT2D eigenvalue weighted by molar-refractivity contribution is 5.99. The van der Waals surface area contributed by atoms with Crippen molar-refractivity contribution >= 4 is 11.6 Å². The minimum Gasteiger partial charge on any atom is -0.384 e. The van der Waals surface area contributed by atoms with E-state index in [4.69, 9.17) is 0 Å². The van der Waals surface area contributed by atoms with Crippen LogP contribution in [0.3, 0.4) is 0 Å². The molecule has 0 saturated carbocycles. The lowest BCUT2D eigenvalue weighted by atomic mass is 10.1. The molecule has 0 aliphatic heterocycles. The van der Waals surface area contributed by atoms with Crippen molar-refractivity contribution in [2.24, 2.45) is 0 Å². The second-order valence-electron chi connectivity index (χ2n) is 4.79. The summed E-state index contributed by atoms with van der Waals surface area (Å²) in [5.41, 5.74) is 1.67. The average Bonchev–Trinajstić information content (AvgIpc) is 2.45.